The molecule has 0 aliphatic heterocycles. The molecule has 4 heteroatoms. The first-order valence-electron chi connectivity index (χ1n) is 4.36. The van der Waals surface area contributed by atoms with Crippen molar-refractivity contribution in [2.45, 2.75) is 19.4 Å². The molecule has 0 radical (unpaired) electrons. The number of benzene rings is 1. The van der Waals surface area contributed by atoms with E-state index in [0.717, 1.165) is 10.0 Å². The highest BCUT2D eigenvalue weighted by Gasteiger charge is 2.13. The Hall–Kier alpha value is -0.740. The van der Waals surface area contributed by atoms with Gasteiger partial charge in [-0.1, -0.05) is 0 Å². The molecule has 0 saturated heterocycles. The average Bonchev–Trinajstić information content (AvgIpc) is 2.11. The van der Waals surface area contributed by atoms with Crippen molar-refractivity contribution in [3.8, 4) is 11.5 Å². The number of halogens is 1. The maximum atomic E-state index is 9.64. The van der Waals surface area contributed by atoms with Gasteiger partial charge >= 0.3 is 0 Å². The zero-order valence-electron chi connectivity index (χ0n) is 8.25. The topological polar surface area (TPSA) is 55.5 Å². The fourth-order valence-corrected chi connectivity index (χ4v) is 1.86. The quantitative estimate of drug-likeness (QED) is 0.874. The Morgan fingerprint density at radius 1 is 1.57 bits per heavy atom. The summed E-state index contributed by atoms with van der Waals surface area (Å²) in [6.45, 7) is 1.89. The van der Waals surface area contributed by atoms with E-state index in [1.165, 1.54) is 0 Å². The highest BCUT2D eigenvalue weighted by molar-refractivity contribution is 9.10. The smallest absolute Gasteiger partial charge is 0.139 e. The van der Waals surface area contributed by atoms with Gasteiger partial charge in [0.2, 0.25) is 0 Å². The molecule has 1 unspecified atom stereocenters. The Balaban J connectivity index is 3.16. The summed E-state index contributed by atoms with van der Waals surface area (Å²) in [5.74, 6) is 0.879. The van der Waals surface area contributed by atoms with Crippen molar-refractivity contribution < 1.29 is 9.84 Å². The maximum absolute atomic E-state index is 9.64. The third-order valence-electron chi connectivity index (χ3n) is 1.92. The Morgan fingerprint density at radius 3 is 2.71 bits per heavy atom. The number of aromatic hydroxyl groups is 1. The highest BCUT2D eigenvalue weighted by atomic mass is 79.9. The summed E-state index contributed by atoms with van der Waals surface area (Å²) in [7, 11) is 1.57. The van der Waals surface area contributed by atoms with Crippen LogP contribution >= 0.6 is 15.9 Å². The van der Waals surface area contributed by atoms with Crippen LogP contribution in [0.15, 0.2) is 16.6 Å². The Morgan fingerprint density at radius 2 is 2.21 bits per heavy atom. The Labute approximate surface area is 92.0 Å². The monoisotopic (exact) mass is 259 g/mol. The minimum atomic E-state index is -0.0101. The van der Waals surface area contributed by atoms with Crippen molar-refractivity contribution in [3.63, 3.8) is 0 Å². The van der Waals surface area contributed by atoms with Crippen molar-refractivity contribution in [2.24, 2.45) is 5.73 Å². The first-order chi connectivity index (χ1) is 6.56. The van der Waals surface area contributed by atoms with Gasteiger partial charge in [0.05, 0.1) is 11.6 Å². The van der Waals surface area contributed by atoms with E-state index in [9.17, 15) is 5.11 Å². The molecule has 0 bridgehead atoms. The number of nitrogens with two attached hydrogens (primary N) is 1. The SMILES string of the molecule is COc1c(Br)ccc(O)c1CC(C)N. The van der Waals surface area contributed by atoms with Gasteiger partial charge in [-0.25, -0.2) is 0 Å². The molecule has 3 N–H and O–H groups in total. The summed E-state index contributed by atoms with van der Waals surface area (Å²) in [4.78, 5) is 0. The number of hydrogen-bond donors (Lipinski definition) is 2. The van der Waals surface area contributed by atoms with E-state index >= 15 is 0 Å². The van der Waals surface area contributed by atoms with E-state index in [4.69, 9.17) is 10.5 Å². The molecule has 1 atom stereocenters. The third kappa shape index (κ3) is 2.39. The number of ether oxygens (including phenoxy) is 1. The molecule has 78 valence electrons. The van der Waals surface area contributed by atoms with Gasteiger partial charge in [0.1, 0.15) is 11.5 Å². The molecular formula is C10H14BrNO2. The first kappa shape index (κ1) is 11.3. The molecule has 1 aromatic carbocycles. The van der Waals surface area contributed by atoms with Crippen LogP contribution in [0.3, 0.4) is 0 Å². The van der Waals surface area contributed by atoms with Crippen LogP contribution < -0.4 is 10.5 Å². The van der Waals surface area contributed by atoms with E-state index < -0.39 is 0 Å². The van der Waals surface area contributed by atoms with E-state index in [1.54, 1.807) is 19.2 Å². The lowest BCUT2D eigenvalue weighted by Gasteiger charge is -2.13. The number of phenols is 1. The summed E-state index contributed by atoms with van der Waals surface area (Å²) in [5, 5.41) is 9.64. The maximum Gasteiger partial charge on any atom is 0.139 e. The second-order valence-corrected chi connectivity index (χ2v) is 4.11. The van der Waals surface area contributed by atoms with Crippen molar-refractivity contribution >= 4 is 15.9 Å². The van der Waals surface area contributed by atoms with Gasteiger partial charge in [-0.05, 0) is 41.4 Å². The second-order valence-electron chi connectivity index (χ2n) is 3.26. The molecule has 1 aromatic rings. The molecule has 0 aliphatic carbocycles. The van der Waals surface area contributed by atoms with Crippen molar-refractivity contribution in [1.82, 2.24) is 0 Å². The molecule has 0 aromatic heterocycles. The van der Waals surface area contributed by atoms with Crippen LogP contribution in [0.1, 0.15) is 12.5 Å². The zero-order valence-corrected chi connectivity index (χ0v) is 9.84. The molecule has 0 spiro atoms. The molecular weight excluding hydrogens is 246 g/mol. The van der Waals surface area contributed by atoms with Crippen LogP contribution in [-0.2, 0) is 6.42 Å². The van der Waals surface area contributed by atoms with Gasteiger partial charge in [-0.2, -0.15) is 0 Å². The third-order valence-corrected chi connectivity index (χ3v) is 2.54. The summed E-state index contributed by atoms with van der Waals surface area (Å²) < 4.78 is 6.02. The number of rotatable bonds is 3. The molecule has 3 nitrogen and oxygen atoms in total. The number of phenolic OH excluding ortho intramolecular Hbond substituents is 1. The molecule has 0 fully saturated rings. The first-order valence-corrected chi connectivity index (χ1v) is 5.15. The molecule has 0 heterocycles. The highest BCUT2D eigenvalue weighted by Crippen LogP contribution is 2.35. The van der Waals surface area contributed by atoms with Gasteiger partial charge in [0.25, 0.3) is 0 Å². The van der Waals surface area contributed by atoms with Crippen molar-refractivity contribution in [2.75, 3.05) is 7.11 Å². The molecule has 0 saturated carbocycles. The van der Waals surface area contributed by atoms with Gasteiger partial charge in [0, 0.05) is 11.6 Å². The Bertz CT molecular complexity index is 326. The molecule has 0 aliphatic rings. The Kier molecular flexibility index (Phi) is 3.77. The minimum Gasteiger partial charge on any atom is -0.508 e. The van der Waals surface area contributed by atoms with E-state index in [-0.39, 0.29) is 11.8 Å². The lowest BCUT2D eigenvalue weighted by molar-refractivity contribution is 0.395. The van der Waals surface area contributed by atoms with Crippen LogP contribution in [0.25, 0.3) is 0 Å². The van der Waals surface area contributed by atoms with Crippen LogP contribution in [-0.4, -0.2) is 18.3 Å². The standard InChI is InChI=1S/C10H14BrNO2/c1-6(12)5-7-9(13)4-3-8(11)10(7)14-2/h3-4,6,13H,5,12H2,1-2H3. The van der Waals surface area contributed by atoms with Gasteiger partial charge in [0.15, 0.2) is 0 Å². The molecule has 0 amide bonds. The van der Waals surface area contributed by atoms with E-state index in [2.05, 4.69) is 15.9 Å². The summed E-state index contributed by atoms with van der Waals surface area (Å²) in [6, 6.07) is 3.37. The summed E-state index contributed by atoms with van der Waals surface area (Å²) >= 11 is 3.35. The van der Waals surface area contributed by atoms with Gasteiger partial charge in [-0.3, -0.25) is 0 Å². The molecule has 14 heavy (non-hydrogen) atoms. The number of hydrogen-bond acceptors (Lipinski definition) is 3. The van der Waals surface area contributed by atoms with Gasteiger partial charge < -0.3 is 15.6 Å². The summed E-state index contributed by atoms with van der Waals surface area (Å²) in [5.41, 5.74) is 6.43. The predicted octanol–water partition coefficient (Wildman–Crippen LogP) is 2.05. The number of methoxy groups -OCH3 is 1. The fourth-order valence-electron chi connectivity index (χ4n) is 1.33. The normalized spacial score (nSPS) is 12.6. The van der Waals surface area contributed by atoms with Crippen LogP contribution in [0.5, 0.6) is 11.5 Å². The lowest BCUT2D eigenvalue weighted by atomic mass is 10.1. The van der Waals surface area contributed by atoms with Crippen molar-refractivity contribution in [3.05, 3.63) is 22.2 Å². The van der Waals surface area contributed by atoms with Crippen LogP contribution in [0.2, 0.25) is 0 Å². The van der Waals surface area contributed by atoms with Crippen molar-refractivity contribution in [1.29, 1.82) is 0 Å². The van der Waals surface area contributed by atoms with E-state index in [0.29, 0.717) is 12.2 Å². The minimum absolute atomic E-state index is 0.0101. The lowest BCUT2D eigenvalue weighted by Crippen LogP contribution is -2.18. The van der Waals surface area contributed by atoms with Gasteiger partial charge in [-0.15, -0.1) is 0 Å². The largest absolute Gasteiger partial charge is 0.508 e. The van der Waals surface area contributed by atoms with Crippen LogP contribution in [0, 0.1) is 0 Å². The van der Waals surface area contributed by atoms with E-state index in [1.807, 2.05) is 6.92 Å². The summed E-state index contributed by atoms with van der Waals surface area (Å²) in [6.07, 6.45) is 0.592. The second kappa shape index (κ2) is 4.66. The average molecular weight is 260 g/mol. The molecule has 1 rings (SSSR count). The fraction of sp³-hybridized carbons (Fsp3) is 0.400. The zero-order chi connectivity index (χ0) is 10.7. The predicted molar refractivity (Wildman–Crippen MR) is 59.7 cm³/mol. The van der Waals surface area contributed by atoms with Crippen LogP contribution in [0.4, 0.5) is 0 Å².